The highest BCUT2D eigenvalue weighted by molar-refractivity contribution is 7.99. The SMILES string of the molecule is CCC1CCCCN1C(=O)CSc1n[nH]c(-c2ccc(Cl)cc2)n1. The van der Waals surface area contributed by atoms with E-state index < -0.39 is 0 Å². The van der Waals surface area contributed by atoms with Crippen molar-refractivity contribution in [3.8, 4) is 11.4 Å². The average Bonchev–Trinajstić information content (AvgIpc) is 3.09. The number of H-pyrrole nitrogens is 1. The molecule has 1 saturated heterocycles. The molecule has 0 radical (unpaired) electrons. The Bertz CT molecular complexity index is 688. The number of carbonyl (C=O) groups excluding carboxylic acids is 1. The number of halogens is 1. The van der Waals surface area contributed by atoms with Crippen molar-refractivity contribution in [2.24, 2.45) is 0 Å². The molecule has 1 fully saturated rings. The lowest BCUT2D eigenvalue weighted by atomic mass is 10.0. The Morgan fingerprint density at radius 3 is 2.92 bits per heavy atom. The second kappa shape index (κ2) is 8.03. The van der Waals surface area contributed by atoms with E-state index in [2.05, 4.69) is 22.1 Å². The molecular weight excluding hydrogens is 344 g/mol. The van der Waals surface area contributed by atoms with Gasteiger partial charge in [0, 0.05) is 23.2 Å². The third-order valence-electron chi connectivity index (χ3n) is 4.33. The highest BCUT2D eigenvalue weighted by Crippen LogP contribution is 2.23. The van der Waals surface area contributed by atoms with Gasteiger partial charge in [0.05, 0.1) is 5.75 Å². The molecule has 128 valence electrons. The maximum Gasteiger partial charge on any atom is 0.233 e. The minimum Gasteiger partial charge on any atom is -0.339 e. The Morgan fingerprint density at radius 1 is 1.38 bits per heavy atom. The van der Waals surface area contributed by atoms with E-state index in [1.807, 2.05) is 29.2 Å². The predicted molar refractivity (Wildman–Crippen MR) is 97.2 cm³/mol. The summed E-state index contributed by atoms with van der Waals surface area (Å²) in [6.07, 6.45) is 4.47. The number of hydrogen-bond donors (Lipinski definition) is 1. The fourth-order valence-corrected chi connectivity index (χ4v) is 3.82. The van der Waals surface area contributed by atoms with Crippen molar-refractivity contribution in [3.05, 3.63) is 29.3 Å². The van der Waals surface area contributed by atoms with E-state index in [-0.39, 0.29) is 5.91 Å². The van der Waals surface area contributed by atoms with E-state index in [4.69, 9.17) is 11.6 Å². The number of rotatable bonds is 5. The number of nitrogens with one attached hydrogen (secondary N) is 1. The van der Waals surface area contributed by atoms with E-state index in [0.29, 0.717) is 27.8 Å². The van der Waals surface area contributed by atoms with E-state index in [9.17, 15) is 4.79 Å². The largest absolute Gasteiger partial charge is 0.339 e. The molecule has 0 spiro atoms. The molecule has 1 aromatic carbocycles. The molecule has 24 heavy (non-hydrogen) atoms. The highest BCUT2D eigenvalue weighted by Gasteiger charge is 2.25. The molecule has 1 N–H and O–H groups in total. The molecule has 0 bridgehead atoms. The third kappa shape index (κ3) is 4.11. The summed E-state index contributed by atoms with van der Waals surface area (Å²) in [7, 11) is 0. The van der Waals surface area contributed by atoms with Gasteiger partial charge in [0.15, 0.2) is 5.82 Å². The lowest BCUT2D eigenvalue weighted by Gasteiger charge is -2.35. The monoisotopic (exact) mass is 364 g/mol. The van der Waals surface area contributed by atoms with Crippen molar-refractivity contribution in [2.45, 2.75) is 43.8 Å². The van der Waals surface area contributed by atoms with Crippen LogP contribution < -0.4 is 0 Å². The van der Waals surface area contributed by atoms with Crippen molar-refractivity contribution in [1.29, 1.82) is 0 Å². The van der Waals surface area contributed by atoms with Crippen LogP contribution in [-0.4, -0.2) is 44.3 Å². The Hall–Kier alpha value is -1.53. The molecule has 5 nitrogen and oxygen atoms in total. The van der Waals surface area contributed by atoms with Gasteiger partial charge >= 0.3 is 0 Å². The first-order valence-electron chi connectivity index (χ1n) is 8.28. The minimum atomic E-state index is 0.185. The number of nitrogens with zero attached hydrogens (tertiary/aromatic N) is 3. The maximum absolute atomic E-state index is 12.5. The van der Waals surface area contributed by atoms with Crippen LogP contribution in [-0.2, 0) is 4.79 Å². The Kier molecular flexibility index (Phi) is 5.79. The molecule has 1 unspecified atom stereocenters. The van der Waals surface area contributed by atoms with Gasteiger partial charge in [0.25, 0.3) is 0 Å². The Morgan fingerprint density at radius 2 is 2.17 bits per heavy atom. The first-order chi connectivity index (χ1) is 11.7. The summed E-state index contributed by atoms with van der Waals surface area (Å²) in [5, 5.41) is 8.39. The zero-order valence-electron chi connectivity index (χ0n) is 13.7. The first kappa shape index (κ1) is 17.3. The van der Waals surface area contributed by atoms with Crippen LogP contribution in [0.2, 0.25) is 5.02 Å². The zero-order valence-corrected chi connectivity index (χ0v) is 15.2. The Labute approximate surface area is 151 Å². The summed E-state index contributed by atoms with van der Waals surface area (Å²) in [5.41, 5.74) is 0.923. The molecule has 1 atom stereocenters. The van der Waals surface area contributed by atoms with E-state index in [0.717, 1.165) is 31.4 Å². The number of carbonyl (C=O) groups is 1. The minimum absolute atomic E-state index is 0.185. The number of aromatic amines is 1. The number of benzene rings is 1. The molecule has 7 heteroatoms. The zero-order chi connectivity index (χ0) is 16.9. The number of thioether (sulfide) groups is 1. The van der Waals surface area contributed by atoms with Crippen molar-refractivity contribution in [2.75, 3.05) is 12.3 Å². The van der Waals surface area contributed by atoms with Gasteiger partial charge in [-0.1, -0.05) is 30.3 Å². The van der Waals surface area contributed by atoms with Gasteiger partial charge in [-0.25, -0.2) is 4.98 Å². The van der Waals surface area contributed by atoms with E-state index in [1.165, 1.54) is 18.2 Å². The smallest absolute Gasteiger partial charge is 0.233 e. The fourth-order valence-electron chi connectivity index (χ4n) is 3.01. The molecule has 1 aromatic heterocycles. The van der Waals surface area contributed by atoms with Crippen LogP contribution in [0.4, 0.5) is 0 Å². The van der Waals surface area contributed by atoms with Crippen molar-refractivity contribution >= 4 is 29.3 Å². The van der Waals surface area contributed by atoms with Gasteiger partial charge in [-0.05, 0) is 49.9 Å². The maximum atomic E-state index is 12.5. The molecule has 2 aromatic rings. The number of amides is 1. The molecule has 1 aliphatic rings. The number of likely N-dealkylation sites (tertiary alicyclic amines) is 1. The molecule has 3 rings (SSSR count). The summed E-state index contributed by atoms with van der Waals surface area (Å²) < 4.78 is 0. The molecule has 2 heterocycles. The fraction of sp³-hybridized carbons (Fsp3) is 0.471. The van der Waals surface area contributed by atoms with E-state index >= 15 is 0 Å². The van der Waals surface area contributed by atoms with Crippen LogP contribution >= 0.6 is 23.4 Å². The van der Waals surface area contributed by atoms with Crippen LogP contribution in [0.3, 0.4) is 0 Å². The van der Waals surface area contributed by atoms with Crippen LogP contribution in [0.25, 0.3) is 11.4 Å². The van der Waals surface area contributed by atoms with Gasteiger partial charge in [0.2, 0.25) is 11.1 Å². The summed E-state index contributed by atoms with van der Waals surface area (Å²) in [6.45, 7) is 3.03. The normalized spacial score (nSPS) is 17.9. The Balaban J connectivity index is 1.59. The quantitative estimate of drug-likeness (QED) is 0.814. The summed E-state index contributed by atoms with van der Waals surface area (Å²) in [4.78, 5) is 19.0. The summed E-state index contributed by atoms with van der Waals surface area (Å²) in [6, 6.07) is 7.81. The van der Waals surface area contributed by atoms with Crippen molar-refractivity contribution in [3.63, 3.8) is 0 Å². The second-order valence-corrected chi connectivity index (χ2v) is 7.29. The molecule has 1 aliphatic heterocycles. The van der Waals surface area contributed by atoms with Crippen molar-refractivity contribution in [1.82, 2.24) is 20.1 Å². The number of piperidine rings is 1. The van der Waals surface area contributed by atoms with Gasteiger partial charge < -0.3 is 4.90 Å². The average molecular weight is 365 g/mol. The predicted octanol–water partition coefficient (Wildman–Crippen LogP) is 4.01. The topological polar surface area (TPSA) is 61.9 Å². The standard InChI is InChI=1S/C17H21ClN4OS/c1-2-14-5-3-4-10-22(14)15(23)11-24-17-19-16(20-21-17)12-6-8-13(18)9-7-12/h6-9,14H,2-5,10-11H2,1H3,(H,19,20,21). The highest BCUT2D eigenvalue weighted by atomic mass is 35.5. The first-order valence-corrected chi connectivity index (χ1v) is 9.64. The summed E-state index contributed by atoms with van der Waals surface area (Å²) in [5.74, 6) is 1.25. The van der Waals surface area contributed by atoms with Gasteiger partial charge in [-0.2, -0.15) is 0 Å². The van der Waals surface area contributed by atoms with Crippen molar-refractivity contribution < 1.29 is 4.79 Å². The third-order valence-corrected chi connectivity index (χ3v) is 5.41. The summed E-state index contributed by atoms with van der Waals surface area (Å²) >= 11 is 7.28. The lowest BCUT2D eigenvalue weighted by Crippen LogP contribution is -2.44. The molecular formula is C17H21ClN4OS. The van der Waals surface area contributed by atoms with E-state index in [1.54, 1.807) is 0 Å². The lowest BCUT2D eigenvalue weighted by molar-refractivity contribution is -0.132. The van der Waals surface area contributed by atoms with Crippen LogP contribution in [0.15, 0.2) is 29.4 Å². The van der Waals surface area contributed by atoms with Crippen LogP contribution in [0.1, 0.15) is 32.6 Å². The second-order valence-electron chi connectivity index (χ2n) is 5.91. The van der Waals surface area contributed by atoms with Crippen LogP contribution in [0, 0.1) is 0 Å². The molecule has 0 saturated carbocycles. The molecule has 0 aliphatic carbocycles. The molecule has 1 amide bonds. The number of hydrogen-bond acceptors (Lipinski definition) is 4. The number of aromatic nitrogens is 3. The van der Waals surface area contributed by atoms with Gasteiger partial charge in [-0.15, -0.1) is 5.10 Å². The van der Waals surface area contributed by atoms with Crippen LogP contribution in [0.5, 0.6) is 0 Å². The van der Waals surface area contributed by atoms with Gasteiger partial charge in [-0.3, -0.25) is 9.89 Å². The van der Waals surface area contributed by atoms with Gasteiger partial charge in [0.1, 0.15) is 0 Å².